The van der Waals surface area contributed by atoms with E-state index in [4.69, 9.17) is 16.3 Å². The Labute approximate surface area is 174 Å². The number of hydrogen-bond acceptors (Lipinski definition) is 4. The van der Waals surface area contributed by atoms with Gasteiger partial charge in [0.15, 0.2) is 0 Å². The Hall–Kier alpha value is -2.86. The Balaban J connectivity index is 1.68. The molecule has 2 atom stereocenters. The van der Waals surface area contributed by atoms with Gasteiger partial charge in [0.25, 0.3) is 5.91 Å². The van der Waals surface area contributed by atoms with Crippen LogP contribution in [0.2, 0.25) is 5.02 Å². The van der Waals surface area contributed by atoms with Crippen molar-refractivity contribution in [1.29, 1.82) is 0 Å². The van der Waals surface area contributed by atoms with E-state index in [1.54, 1.807) is 24.3 Å². The van der Waals surface area contributed by atoms with Crippen molar-refractivity contribution in [1.82, 2.24) is 14.7 Å². The standard InChI is InChI=1S/C22H24ClN3O3/c1-4-14(2)19(25-21(27)16-7-9-17(23)10-8-16)22(28)29-13-18-12-26-11-5-6-15(3)20(26)24-18/h5-12,14,19H,4,13H2,1-3H3,(H,25,27)/t14-,19-/m0/s1. The Kier molecular flexibility index (Phi) is 6.54. The highest BCUT2D eigenvalue weighted by molar-refractivity contribution is 6.30. The topological polar surface area (TPSA) is 72.7 Å². The van der Waals surface area contributed by atoms with Gasteiger partial charge in [-0.3, -0.25) is 4.79 Å². The van der Waals surface area contributed by atoms with Gasteiger partial charge < -0.3 is 14.5 Å². The zero-order valence-electron chi connectivity index (χ0n) is 16.7. The van der Waals surface area contributed by atoms with E-state index >= 15 is 0 Å². The van der Waals surface area contributed by atoms with Crippen molar-refractivity contribution in [2.45, 2.75) is 39.8 Å². The van der Waals surface area contributed by atoms with E-state index in [9.17, 15) is 9.59 Å². The first-order valence-corrected chi connectivity index (χ1v) is 9.93. The van der Waals surface area contributed by atoms with E-state index in [1.165, 1.54) is 0 Å². The van der Waals surface area contributed by atoms with Crippen LogP contribution in [0.25, 0.3) is 5.65 Å². The fourth-order valence-electron chi connectivity index (χ4n) is 3.00. The lowest BCUT2D eigenvalue weighted by molar-refractivity contribution is -0.148. The molecule has 2 heterocycles. The molecule has 1 N–H and O–H groups in total. The second-order valence-corrected chi connectivity index (χ2v) is 7.54. The molecule has 6 nitrogen and oxygen atoms in total. The minimum atomic E-state index is -0.748. The van der Waals surface area contributed by atoms with Gasteiger partial charge in [-0.15, -0.1) is 0 Å². The molecule has 0 aliphatic heterocycles. The molecule has 0 spiro atoms. The Morgan fingerprint density at radius 3 is 2.62 bits per heavy atom. The van der Waals surface area contributed by atoms with Crippen LogP contribution in [0.4, 0.5) is 0 Å². The van der Waals surface area contributed by atoms with Gasteiger partial charge in [-0.05, 0) is 48.7 Å². The molecule has 1 aromatic carbocycles. The lowest BCUT2D eigenvalue weighted by atomic mass is 9.99. The number of imidazole rings is 1. The maximum atomic E-state index is 12.7. The highest BCUT2D eigenvalue weighted by atomic mass is 35.5. The van der Waals surface area contributed by atoms with E-state index in [0.717, 1.165) is 11.2 Å². The average Bonchev–Trinajstić information content (AvgIpc) is 3.14. The molecule has 0 aliphatic carbocycles. The van der Waals surface area contributed by atoms with Crippen molar-refractivity contribution >= 4 is 29.1 Å². The van der Waals surface area contributed by atoms with E-state index in [1.807, 2.05) is 49.7 Å². The molecular formula is C22H24ClN3O3. The second-order valence-electron chi connectivity index (χ2n) is 7.11. The van der Waals surface area contributed by atoms with Crippen molar-refractivity contribution in [3.63, 3.8) is 0 Å². The number of carbonyl (C=O) groups excluding carboxylic acids is 2. The number of hydrogen-bond donors (Lipinski definition) is 1. The molecule has 0 radical (unpaired) electrons. The number of amides is 1. The van der Waals surface area contributed by atoms with Crippen LogP contribution in [0.15, 0.2) is 48.8 Å². The molecule has 0 saturated carbocycles. The number of benzene rings is 1. The van der Waals surface area contributed by atoms with Gasteiger partial charge in [0.1, 0.15) is 18.3 Å². The minimum absolute atomic E-state index is 0.0453. The largest absolute Gasteiger partial charge is 0.458 e. The Morgan fingerprint density at radius 1 is 1.24 bits per heavy atom. The normalized spacial score (nSPS) is 13.1. The first-order valence-electron chi connectivity index (χ1n) is 9.55. The summed E-state index contributed by atoms with van der Waals surface area (Å²) in [7, 11) is 0. The molecule has 0 aliphatic rings. The van der Waals surface area contributed by atoms with Crippen molar-refractivity contribution in [3.8, 4) is 0 Å². The smallest absolute Gasteiger partial charge is 0.329 e. The molecule has 0 bridgehead atoms. The van der Waals surface area contributed by atoms with Gasteiger partial charge in [-0.1, -0.05) is 37.9 Å². The number of carbonyl (C=O) groups is 2. The summed E-state index contributed by atoms with van der Waals surface area (Å²) in [5.41, 5.74) is 2.96. The molecule has 3 aromatic rings. The van der Waals surface area contributed by atoms with Crippen molar-refractivity contribution in [3.05, 3.63) is 70.6 Å². The first kappa shape index (κ1) is 20.9. The summed E-state index contributed by atoms with van der Waals surface area (Å²) in [6.07, 6.45) is 4.45. The first-order chi connectivity index (χ1) is 13.9. The van der Waals surface area contributed by atoms with Crippen molar-refractivity contribution in [2.24, 2.45) is 5.92 Å². The number of aromatic nitrogens is 2. The molecule has 0 unspecified atom stereocenters. The minimum Gasteiger partial charge on any atom is -0.458 e. The van der Waals surface area contributed by atoms with Crippen LogP contribution in [0, 0.1) is 12.8 Å². The number of nitrogens with one attached hydrogen (secondary N) is 1. The van der Waals surface area contributed by atoms with Crippen LogP contribution in [0.5, 0.6) is 0 Å². The third-order valence-electron chi connectivity index (χ3n) is 4.95. The molecule has 2 aromatic heterocycles. The predicted molar refractivity (Wildman–Crippen MR) is 112 cm³/mol. The van der Waals surface area contributed by atoms with Crippen molar-refractivity contribution in [2.75, 3.05) is 0 Å². The summed E-state index contributed by atoms with van der Waals surface area (Å²) in [5, 5.41) is 3.34. The fraction of sp³-hybridized carbons (Fsp3) is 0.318. The number of fused-ring (bicyclic) bond motifs is 1. The number of ether oxygens (including phenoxy) is 1. The number of nitrogens with zero attached hydrogens (tertiary/aromatic N) is 2. The third kappa shape index (κ3) is 4.95. The van der Waals surface area contributed by atoms with Crippen LogP contribution in [0.3, 0.4) is 0 Å². The third-order valence-corrected chi connectivity index (χ3v) is 5.20. The lowest BCUT2D eigenvalue weighted by Crippen LogP contribution is -2.46. The summed E-state index contributed by atoms with van der Waals surface area (Å²) in [4.78, 5) is 29.8. The molecule has 3 rings (SSSR count). The van der Waals surface area contributed by atoms with Crippen LogP contribution >= 0.6 is 11.6 Å². The summed E-state index contributed by atoms with van der Waals surface area (Å²) in [6.45, 7) is 5.89. The molecular weight excluding hydrogens is 390 g/mol. The fourth-order valence-corrected chi connectivity index (χ4v) is 3.13. The van der Waals surface area contributed by atoms with Crippen LogP contribution < -0.4 is 5.32 Å². The highest BCUT2D eigenvalue weighted by Crippen LogP contribution is 2.15. The van der Waals surface area contributed by atoms with Crippen LogP contribution in [-0.4, -0.2) is 27.3 Å². The number of esters is 1. The van der Waals surface area contributed by atoms with E-state index in [-0.39, 0.29) is 18.4 Å². The lowest BCUT2D eigenvalue weighted by Gasteiger charge is -2.22. The van der Waals surface area contributed by atoms with Crippen LogP contribution in [0.1, 0.15) is 41.9 Å². The summed E-state index contributed by atoms with van der Waals surface area (Å²) < 4.78 is 7.38. The number of pyridine rings is 1. The number of aryl methyl sites for hydroxylation is 1. The van der Waals surface area contributed by atoms with Gasteiger partial charge in [0, 0.05) is 23.0 Å². The summed E-state index contributed by atoms with van der Waals surface area (Å²) in [6, 6.07) is 9.68. The zero-order chi connectivity index (χ0) is 21.0. The van der Waals surface area contributed by atoms with Gasteiger partial charge in [0.2, 0.25) is 0 Å². The summed E-state index contributed by atoms with van der Waals surface area (Å²) in [5.74, 6) is -0.898. The van der Waals surface area contributed by atoms with E-state index in [2.05, 4.69) is 10.3 Å². The molecule has 152 valence electrons. The molecule has 0 saturated heterocycles. The molecule has 1 amide bonds. The summed E-state index contributed by atoms with van der Waals surface area (Å²) >= 11 is 5.87. The quantitative estimate of drug-likeness (QED) is 0.589. The van der Waals surface area contributed by atoms with Gasteiger partial charge in [-0.2, -0.15) is 0 Å². The van der Waals surface area contributed by atoms with E-state index in [0.29, 0.717) is 22.7 Å². The van der Waals surface area contributed by atoms with E-state index < -0.39 is 12.0 Å². The number of rotatable bonds is 7. The Bertz CT molecular complexity index is 1010. The maximum absolute atomic E-state index is 12.7. The predicted octanol–water partition coefficient (Wildman–Crippen LogP) is 4.18. The Morgan fingerprint density at radius 2 is 1.97 bits per heavy atom. The van der Waals surface area contributed by atoms with Gasteiger partial charge in [-0.25, -0.2) is 9.78 Å². The van der Waals surface area contributed by atoms with Crippen molar-refractivity contribution < 1.29 is 14.3 Å². The zero-order valence-corrected chi connectivity index (χ0v) is 17.4. The maximum Gasteiger partial charge on any atom is 0.329 e. The second kappa shape index (κ2) is 9.09. The monoisotopic (exact) mass is 413 g/mol. The van der Waals surface area contributed by atoms with Gasteiger partial charge >= 0.3 is 5.97 Å². The van der Waals surface area contributed by atoms with Crippen LogP contribution in [-0.2, 0) is 16.1 Å². The average molecular weight is 414 g/mol. The highest BCUT2D eigenvalue weighted by Gasteiger charge is 2.28. The molecule has 7 heteroatoms. The molecule has 0 fully saturated rings. The molecule has 29 heavy (non-hydrogen) atoms. The SMILES string of the molecule is CC[C@H](C)[C@H](NC(=O)c1ccc(Cl)cc1)C(=O)OCc1cn2cccc(C)c2n1. The number of halogens is 1. The van der Waals surface area contributed by atoms with Gasteiger partial charge in [0.05, 0.1) is 5.69 Å².